The normalized spacial score (nSPS) is 16.1. The number of hydrazine groups is 2. The minimum Gasteiger partial charge on any atom is -0.383 e. The standard InChI is InChI=1S/C34H31F4N9/c1-20-25(9-10-28(35)43-20)31(27-18-47(46-45-27)33(11-12-33)34(36,37)38)44-24-13-21(15-39)29-26(14-24)30(22(16-40)17-41-29)42-19-32(2,3)23-7-5-4-6-8-23/h4-10,13-14,17-18,31,44-46H,11-12,19H2,1-3H3,(H,41,42)/t31-/m0/s1. The number of fused-ring (bicyclic) bond motifs is 1. The Hall–Kier alpha value is -5.40. The molecular formula is C34H31F4N9. The van der Waals surface area contributed by atoms with Gasteiger partial charge in [0.2, 0.25) is 5.95 Å². The molecule has 6 rings (SSSR count). The van der Waals surface area contributed by atoms with E-state index < -0.39 is 23.7 Å². The number of halogens is 4. The van der Waals surface area contributed by atoms with Gasteiger partial charge in [0.1, 0.15) is 12.1 Å². The molecule has 1 atom stereocenters. The number of benzene rings is 2. The molecule has 1 fully saturated rings. The van der Waals surface area contributed by atoms with E-state index in [0.717, 1.165) is 10.6 Å². The molecule has 3 heterocycles. The molecule has 0 spiro atoms. The Bertz CT molecular complexity index is 1960. The summed E-state index contributed by atoms with van der Waals surface area (Å²) >= 11 is 0. The molecule has 240 valence electrons. The molecule has 13 heteroatoms. The number of hydrogen-bond donors (Lipinski definition) is 4. The van der Waals surface area contributed by atoms with Crippen molar-refractivity contribution in [2.24, 2.45) is 0 Å². The Morgan fingerprint density at radius 1 is 1.04 bits per heavy atom. The molecule has 1 aliphatic carbocycles. The van der Waals surface area contributed by atoms with E-state index in [1.807, 2.05) is 30.3 Å². The van der Waals surface area contributed by atoms with E-state index >= 15 is 0 Å². The number of nitriles is 2. The van der Waals surface area contributed by atoms with E-state index in [2.05, 4.69) is 57.5 Å². The molecule has 2 aromatic carbocycles. The zero-order valence-corrected chi connectivity index (χ0v) is 25.8. The molecule has 0 radical (unpaired) electrons. The molecule has 0 saturated heterocycles. The van der Waals surface area contributed by atoms with Gasteiger partial charge in [0, 0.05) is 46.7 Å². The number of anilines is 2. The number of rotatable bonds is 9. The van der Waals surface area contributed by atoms with Crippen molar-refractivity contribution in [2.45, 2.75) is 56.8 Å². The van der Waals surface area contributed by atoms with Crippen LogP contribution in [0.3, 0.4) is 0 Å². The van der Waals surface area contributed by atoms with Crippen molar-refractivity contribution in [3.8, 4) is 12.1 Å². The van der Waals surface area contributed by atoms with Gasteiger partial charge in [0.25, 0.3) is 0 Å². The molecule has 9 nitrogen and oxygen atoms in total. The van der Waals surface area contributed by atoms with Crippen LogP contribution in [0.4, 0.5) is 28.9 Å². The number of aryl methyl sites for hydroxylation is 1. The first-order valence-corrected chi connectivity index (χ1v) is 14.9. The van der Waals surface area contributed by atoms with Crippen LogP contribution in [0.25, 0.3) is 10.9 Å². The van der Waals surface area contributed by atoms with E-state index in [-0.39, 0.29) is 29.4 Å². The third kappa shape index (κ3) is 5.86. The van der Waals surface area contributed by atoms with E-state index in [0.29, 0.717) is 45.8 Å². The van der Waals surface area contributed by atoms with E-state index in [9.17, 15) is 28.1 Å². The zero-order valence-electron chi connectivity index (χ0n) is 25.8. The van der Waals surface area contributed by atoms with Gasteiger partial charge in [-0.15, -0.1) is 5.53 Å². The van der Waals surface area contributed by atoms with E-state index in [1.165, 1.54) is 24.5 Å². The van der Waals surface area contributed by atoms with Crippen molar-refractivity contribution in [3.05, 3.63) is 107 Å². The van der Waals surface area contributed by atoms with Crippen molar-refractivity contribution in [1.29, 1.82) is 10.5 Å². The third-order valence-electron chi connectivity index (χ3n) is 8.80. The number of aromatic nitrogens is 2. The predicted octanol–water partition coefficient (Wildman–Crippen LogP) is 6.62. The van der Waals surface area contributed by atoms with Gasteiger partial charge in [-0.3, -0.25) is 9.99 Å². The summed E-state index contributed by atoms with van der Waals surface area (Å²) in [5, 5.41) is 28.4. The highest BCUT2D eigenvalue weighted by Crippen LogP contribution is 2.53. The molecule has 0 bridgehead atoms. The summed E-state index contributed by atoms with van der Waals surface area (Å²) in [6.45, 7) is 6.21. The van der Waals surface area contributed by atoms with Gasteiger partial charge >= 0.3 is 6.18 Å². The minimum absolute atomic E-state index is 0.0640. The monoisotopic (exact) mass is 641 g/mol. The van der Waals surface area contributed by atoms with Crippen molar-refractivity contribution >= 4 is 22.3 Å². The molecule has 1 aliphatic heterocycles. The summed E-state index contributed by atoms with van der Waals surface area (Å²) in [7, 11) is 0. The Morgan fingerprint density at radius 3 is 2.40 bits per heavy atom. The lowest BCUT2D eigenvalue weighted by Crippen LogP contribution is -2.52. The molecule has 2 aliphatic rings. The van der Waals surface area contributed by atoms with Gasteiger partial charge in [-0.25, -0.2) is 4.98 Å². The van der Waals surface area contributed by atoms with Crippen molar-refractivity contribution in [2.75, 3.05) is 17.2 Å². The molecular weight excluding hydrogens is 610 g/mol. The second-order valence-electron chi connectivity index (χ2n) is 12.4. The first kappa shape index (κ1) is 31.6. The zero-order chi connectivity index (χ0) is 33.6. The summed E-state index contributed by atoms with van der Waals surface area (Å²) in [4.78, 5) is 8.36. The van der Waals surface area contributed by atoms with Gasteiger partial charge in [-0.1, -0.05) is 50.2 Å². The van der Waals surface area contributed by atoms with Gasteiger partial charge in [-0.05, 0) is 43.5 Å². The number of nitrogens with one attached hydrogen (secondary N) is 4. The average Bonchev–Trinajstić information content (AvgIpc) is 3.73. The first-order valence-electron chi connectivity index (χ1n) is 14.9. The summed E-state index contributed by atoms with van der Waals surface area (Å²) in [5.41, 5.74) is 7.13. The van der Waals surface area contributed by atoms with Gasteiger partial charge in [-0.2, -0.15) is 28.1 Å². The quantitative estimate of drug-likeness (QED) is 0.118. The summed E-state index contributed by atoms with van der Waals surface area (Å²) in [6.07, 6.45) is -1.82. The maximum absolute atomic E-state index is 14.0. The summed E-state index contributed by atoms with van der Waals surface area (Å²) < 4.78 is 55.9. The highest BCUT2D eigenvalue weighted by molar-refractivity contribution is 5.99. The van der Waals surface area contributed by atoms with Crippen molar-refractivity contribution < 1.29 is 17.6 Å². The molecule has 47 heavy (non-hydrogen) atoms. The fourth-order valence-corrected chi connectivity index (χ4v) is 5.87. The average molecular weight is 642 g/mol. The van der Waals surface area contributed by atoms with Gasteiger partial charge in [0.15, 0.2) is 5.54 Å². The largest absolute Gasteiger partial charge is 0.413 e. The predicted molar refractivity (Wildman–Crippen MR) is 169 cm³/mol. The topological polar surface area (TPSA) is 125 Å². The SMILES string of the molecule is Cc1nc(F)ccc1[C@H](Nc1cc(C#N)c2ncc(C#N)c(NCC(C)(C)c3ccccc3)c2c1)C1=CN(C2(C(F)(F)F)CC2)NN1. The Morgan fingerprint density at radius 2 is 1.77 bits per heavy atom. The number of alkyl halides is 3. The fraction of sp³-hybridized carbons (Fsp3) is 0.294. The number of hydrogen-bond acceptors (Lipinski definition) is 9. The third-order valence-corrected chi connectivity index (χ3v) is 8.80. The lowest BCUT2D eigenvalue weighted by molar-refractivity contribution is -0.195. The van der Waals surface area contributed by atoms with Gasteiger partial charge in [0.05, 0.1) is 34.1 Å². The second kappa shape index (κ2) is 11.8. The highest BCUT2D eigenvalue weighted by atomic mass is 19.4. The van der Waals surface area contributed by atoms with Crippen LogP contribution in [0.1, 0.15) is 60.7 Å². The smallest absolute Gasteiger partial charge is 0.383 e. The molecule has 4 aromatic rings. The Balaban J connectivity index is 1.42. The maximum Gasteiger partial charge on any atom is 0.413 e. The second-order valence-corrected chi connectivity index (χ2v) is 12.4. The molecule has 0 unspecified atom stereocenters. The molecule has 0 amide bonds. The lowest BCUT2D eigenvalue weighted by atomic mass is 9.84. The van der Waals surface area contributed by atoms with Crippen LogP contribution in [-0.2, 0) is 5.41 Å². The van der Waals surface area contributed by atoms with Crippen LogP contribution in [0.5, 0.6) is 0 Å². The molecule has 4 N–H and O–H groups in total. The maximum atomic E-state index is 14.0. The Labute approximate surface area is 268 Å². The summed E-state index contributed by atoms with van der Waals surface area (Å²) in [5.74, 6) is -0.700. The van der Waals surface area contributed by atoms with E-state index in [4.69, 9.17) is 0 Å². The van der Waals surface area contributed by atoms with Crippen LogP contribution in [0, 0.1) is 35.5 Å². The van der Waals surface area contributed by atoms with Crippen LogP contribution in [0.2, 0.25) is 0 Å². The van der Waals surface area contributed by atoms with Crippen LogP contribution < -0.4 is 21.6 Å². The first-order chi connectivity index (χ1) is 22.4. The van der Waals surface area contributed by atoms with Crippen LogP contribution >= 0.6 is 0 Å². The van der Waals surface area contributed by atoms with Crippen molar-refractivity contribution in [3.63, 3.8) is 0 Å². The van der Waals surface area contributed by atoms with Gasteiger partial charge < -0.3 is 16.1 Å². The Kier molecular flexibility index (Phi) is 7.90. The lowest BCUT2D eigenvalue weighted by Gasteiger charge is -2.28. The molecule has 2 aromatic heterocycles. The summed E-state index contributed by atoms with van der Waals surface area (Å²) in [6, 6.07) is 19.4. The fourth-order valence-electron chi connectivity index (χ4n) is 5.87. The van der Waals surface area contributed by atoms with Crippen LogP contribution in [0.15, 0.2) is 72.7 Å². The van der Waals surface area contributed by atoms with Crippen LogP contribution in [-0.4, -0.2) is 33.2 Å². The number of nitrogens with zero attached hydrogens (tertiary/aromatic N) is 5. The molecule has 1 saturated carbocycles. The highest BCUT2D eigenvalue weighted by Gasteiger charge is 2.67. The van der Waals surface area contributed by atoms with E-state index in [1.54, 1.807) is 19.1 Å². The minimum atomic E-state index is -4.46. The number of pyridine rings is 2. The van der Waals surface area contributed by atoms with Crippen molar-refractivity contribution in [1.82, 2.24) is 25.9 Å².